The number of benzene rings is 1. The Labute approximate surface area is 184 Å². The van der Waals surface area contributed by atoms with Crippen molar-refractivity contribution in [3.8, 4) is 0 Å². The van der Waals surface area contributed by atoms with Crippen molar-refractivity contribution in [2.45, 2.75) is 71.0 Å². The lowest BCUT2D eigenvalue weighted by Crippen LogP contribution is -2.54. The van der Waals surface area contributed by atoms with Gasteiger partial charge in [-0.05, 0) is 62.8 Å². The maximum Gasteiger partial charge on any atom is 0.227 e. The van der Waals surface area contributed by atoms with Gasteiger partial charge in [-0.2, -0.15) is 0 Å². The largest absolute Gasteiger partial charge is 0.337 e. The topological polar surface area (TPSA) is 78.7 Å². The highest BCUT2D eigenvalue weighted by Gasteiger charge is 2.34. The third kappa shape index (κ3) is 4.93. The minimum atomic E-state index is -0.343. The van der Waals surface area contributed by atoms with E-state index in [0.717, 1.165) is 56.4 Å². The van der Waals surface area contributed by atoms with Gasteiger partial charge in [0.05, 0.1) is 0 Å². The molecular formula is C24H35FN4O2. The Kier molecular flexibility index (Phi) is 6.63. The fourth-order valence-electron chi connectivity index (χ4n) is 5.29. The van der Waals surface area contributed by atoms with Crippen molar-refractivity contribution in [3.05, 3.63) is 29.1 Å². The number of hydrogen-bond acceptors (Lipinski definition) is 4. The number of rotatable bonds is 5. The van der Waals surface area contributed by atoms with Crippen molar-refractivity contribution in [3.63, 3.8) is 0 Å². The molecule has 3 fully saturated rings. The van der Waals surface area contributed by atoms with Gasteiger partial charge in [0.25, 0.3) is 0 Å². The van der Waals surface area contributed by atoms with Gasteiger partial charge >= 0.3 is 0 Å². The van der Waals surface area contributed by atoms with Gasteiger partial charge in [-0.15, -0.1) is 0 Å². The van der Waals surface area contributed by atoms with Crippen LogP contribution in [0.5, 0.6) is 0 Å². The second-order valence-electron chi connectivity index (χ2n) is 9.75. The minimum Gasteiger partial charge on any atom is -0.337 e. The summed E-state index contributed by atoms with van der Waals surface area (Å²) in [5, 5.41) is 2.91. The van der Waals surface area contributed by atoms with Crippen LogP contribution in [0.25, 0.3) is 0 Å². The molecule has 1 saturated heterocycles. The van der Waals surface area contributed by atoms with Gasteiger partial charge in [0.1, 0.15) is 5.82 Å². The molecule has 1 heterocycles. The lowest BCUT2D eigenvalue weighted by atomic mass is 9.80. The first kappa shape index (κ1) is 22.2. The highest BCUT2D eigenvalue weighted by Crippen LogP contribution is 2.30. The van der Waals surface area contributed by atoms with Crippen LogP contribution in [0.2, 0.25) is 0 Å². The molecule has 0 bridgehead atoms. The molecule has 1 aromatic carbocycles. The number of nitrogens with zero attached hydrogens (tertiary/aromatic N) is 2. The van der Waals surface area contributed by atoms with Crippen LogP contribution in [0.1, 0.15) is 56.6 Å². The number of carbonyl (C=O) groups excluding carboxylic acids is 2. The molecule has 0 spiro atoms. The molecule has 6 nitrogen and oxygen atoms in total. The van der Waals surface area contributed by atoms with Crippen LogP contribution in [-0.4, -0.2) is 53.3 Å². The number of nitrogens with two attached hydrogens (primary N) is 1. The summed E-state index contributed by atoms with van der Waals surface area (Å²) in [6.45, 7) is 6.91. The average molecular weight is 431 g/mol. The molecule has 31 heavy (non-hydrogen) atoms. The summed E-state index contributed by atoms with van der Waals surface area (Å²) in [6, 6.07) is 3.21. The third-order valence-corrected chi connectivity index (χ3v) is 7.38. The number of amides is 2. The van der Waals surface area contributed by atoms with E-state index in [4.69, 9.17) is 5.73 Å². The van der Waals surface area contributed by atoms with E-state index in [1.807, 2.05) is 11.8 Å². The maximum absolute atomic E-state index is 14.3. The van der Waals surface area contributed by atoms with Gasteiger partial charge in [-0.25, -0.2) is 4.39 Å². The summed E-state index contributed by atoms with van der Waals surface area (Å²) in [6.07, 6.45) is 5.75. The van der Waals surface area contributed by atoms with Crippen molar-refractivity contribution in [2.75, 3.05) is 25.0 Å². The van der Waals surface area contributed by atoms with Crippen molar-refractivity contribution >= 4 is 17.5 Å². The van der Waals surface area contributed by atoms with E-state index in [-0.39, 0.29) is 35.6 Å². The first-order valence-electron chi connectivity index (χ1n) is 11.7. The molecule has 7 heteroatoms. The fraction of sp³-hybridized carbons (Fsp3) is 0.667. The summed E-state index contributed by atoms with van der Waals surface area (Å²) in [4.78, 5) is 29.6. The number of piperazine rings is 1. The molecule has 3 aliphatic rings. The Morgan fingerprint density at radius 2 is 1.87 bits per heavy atom. The van der Waals surface area contributed by atoms with E-state index in [0.29, 0.717) is 31.0 Å². The minimum absolute atomic E-state index is 0.0750. The number of halogens is 1. The predicted molar refractivity (Wildman–Crippen MR) is 119 cm³/mol. The standard InChI is InChI=1S/C24H35FN4O2/c1-15-13-28(7-8-29(15)24(31)17-5-3-4-6-17)14-19-9-20(25)12-22(16(19)2)27-23(30)18-10-21(26)11-18/h9,12,15,17-18,21H,3-8,10-11,13-14,26H2,1-2H3,(H,27,30). The van der Waals surface area contributed by atoms with Gasteiger partial charge < -0.3 is 16.0 Å². The zero-order valence-electron chi connectivity index (χ0n) is 18.7. The number of carbonyl (C=O) groups is 2. The van der Waals surface area contributed by atoms with Gasteiger partial charge in [-0.3, -0.25) is 14.5 Å². The monoisotopic (exact) mass is 430 g/mol. The van der Waals surface area contributed by atoms with Crippen molar-refractivity contribution in [1.29, 1.82) is 0 Å². The van der Waals surface area contributed by atoms with Crippen LogP contribution >= 0.6 is 0 Å². The molecule has 1 unspecified atom stereocenters. The van der Waals surface area contributed by atoms with Crippen LogP contribution in [0.15, 0.2) is 12.1 Å². The van der Waals surface area contributed by atoms with E-state index in [1.165, 1.54) is 6.07 Å². The third-order valence-electron chi connectivity index (χ3n) is 7.38. The molecule has 0 aromatic heterocycles. The second-order valence-corrected chi connectivity index (χ2v) is 9.75. The van der Waals surface area contributed by atoms with Crippen LogP contribution in [0.4, 0.5) is 10.1 Å². The second kappa shape index (κ2) is 9.25. The van der Waals surface area contributed by atoms with Gasteiger partial charge in [0, 0.05) is 55.8 Å². The SMILES string of the molecule is Cc1c(CN2CCN(C(=O)C3CCCC3)C(C)C2)cc(F)cc1NC(=O)C1CC(N)C1. The van der Waals surface area contributed by atoms with E-state index >= 15 is 0 Å². The molecule has 0 radical (unpaired) electrons. The van der Waals surface area contributed by atoms with Gasteiger partial charge in [0.2, 0.25) is 11.8 Å². The molecule has 2 amide bonds. The summed E-state index contributed by atoms with van der Waals surface area (Å²) < 4.78 is 14.3. The molecule has 1 atom stereocenters. The van der Waals surface area contributed by atoms with E-state index in [2.05, 4.69) is 17.1 Å². The zero-order valence-corrected chi connectivity index (χ0v) is 18.7. The smallest absolute Gasteiger partial charge is 0.227 e. The van der Waals surface area contributed by atoms with Crippen LogP contribution in [0.3, 0.4) is 0 Å². The Bertz CT molecular complexity index is 833. The highest BCUT2D eigenvalue weighted by atomic mass is 19.1. The molecule has 3 N–H and O–H groups in total. The van der Waals surface area contributed by atoms with Crippen molar-refractivity contribution in [2.24, 2.45) is 17.6 Å². The van der Waals surface area contributed by atoms with Crippen LogP contribution in [-0.2, 0) is 16.1 Å². The predicted octanol–water partition coefficient (Wildman–Crippen LogP) is 3.03. The molecule has 4 rings (SSSR count). The first-order valence-corrected chi connectivity index (χ1v) is 11.7. The summed E-state index contributed by atoms with van der Waals surface area (Å²) in [5.74, 6) is 0.0221. The molecule has 2 aliphatic carbocycles. The van der Waals surface area contributed by atoms with Crippen molar-refractivity contribution < 1.29 is 14.0 Å². The molecule has 1 aromatic rings. The Morgan fingerprint density at radius 1 is 1.16 bits per heavy atom. The Balaban J connectivity index is 1.38. The normalized spacial score (nSPS) is 27.2. The lowest BCUT2D eigenvalue weighted by molar-refractivity contribution is -0.140. The molecule has 1 aliphatic heterocycles. The van der Waals surface area contributed by atoms with Crippen LogP contribution < -0.4 is 11.1 Å². The first-order chi connectivity index (χ1) is 14.8. The molecule has 2 saturated carbocycles. The number of anilines is 1. The van der Waals surface area contributed by atoms with E-state index < -0.39 is 0 Å². The zero-order chi connectivity index (χ0) is 22.1. The van der Waals surface area contributed by atoms with E-state index in [1.54, 1.807) is 6.07 Å². The van der Waals surface area contributed by atoms with E-state index in [9.17, 15) is 14.0 Å². The Morgan fingerprint density at radius 3 is 2.52 bits per heavy atom. The quantitative estimate of drug-likeness (QED) is 0.753. The Hall–Kier alpha value is -1.99. The lowest BCUT2D eigenvalue weighted by Gasteiger charge is -2.41. The molecular weight excluding hydrogens is 395 g/mol. The summed E-state index contributed by atoms with van der Waals surface area (Å²) in [7, 11) is 0. The summed E-state index contributed by atoms with van der Waals surface area (Å²) in [5.41, 5.74) is 8.11. The van der Waals surface area contributed by atoms with Gasteiger partial charge in [0.15, 0.2) is 0 Å². The highest BCUT2D eigenvalue weighted by molar-refractivity contribution is 5.94. The fourth-order valence-corrected chi connectivity index (χ4v) is 5.29. The van der Waals surface area contributed by atoms with Crippen LogP contribution in [0, 0.1) is 24.6 Å². The average Bonchev–Trinajstić information content (AvgIpc) is 3.23. The summed E-state index contributed by atoms with van der Waals surface area (Å²) >= 11 is 0. The number of nitrogens with one attached hydrogen (secondary N) is 1. The maximum atomic E-state index is 14.3. The van der Waals surface area contributed by atoms with Crippen molar-refractivity contribution in [1.82, 2.24) is 9.80 Å². The molecule has 170 valence electrons. The number of hydrogen-bond donors (Lipinski definition) is 2. The van der Waals surface area contributed by atoms with Gasteiger partial charge in [-0.1, -0.05) is 12.8 Å².